The van der Waals surface area contributed by atoms with E-state index in [1.807, 2.05) is 18.3 Å². The van der Waals surface area contributed by atoms with Gasteiger partial charge in [0.15, 0.2) is 0 Å². The van der Waals surface area contributed by atoms with Crippen LogP contribution in [0, 0.1) is 6.92 Å². The van der Waals surface area contributed by atoms with Gasteiger partial charge >= 0.3 is 0 Å². The molecule has 2 nitrogen and oxygen atoms in total. The SMILES string of the molecule is CCc1ccc(C(C)NCc2nc(C)cs2)s1. The van der Waals surface area contributed by atoms with Crippen molar-refractivity contribution in [2.45, 2.75) is 39.8 Å². The summed E-state index contributed by atoms with van der Waals surface area (Å²) >= 11 is 3.63. The summed E-state index contributed by atoms with van der Waals surface area (Å²) in [7, 11) is 0. The molecule has 0 aliphatic carbocycles. The van der Waals surface area contributed by atoms with Gasteiger partial charge in [0, 0.05) is 33.4 Å². The van der Waals surface area contributed by atoms with Gasteiger partial charge in [-0.2, -0.15) is 0 Å². The van der Waals surface area contributed by atoms with E-state index in [2.05, 4.69) is 41.7 Å². The number of hydrogen-bond acceptors (Lipinski definition) is 4. The quantitative estimate of drug-likeness (QED) is 0.887. The summed E-state index contributed by atoms with van der Waals surface area (Å²) in [4.78, 5) is 7.33. The van der Waals surface area contributed by atoms with Gasteiger partial charge < -0.3 is 5.32 Å². The molecular formula is C13H18N2S2. The summed E-state index contributed by atoms with van der Waals surface area (Å²) in [6.07, 6.45) is 1.13. The van der Waals surface area contributed by atoms with Gasteiger partial charge in [0.25, 0.3) is 0 Å². The summed E-state index contributed by atoms with van der Waals surface area (Å²) in [5.41, 5.74) is 1.11. The van der Waals surface area contributed by atoms with Crippen LogP contribution in [0.2, 0.25) is 0 Å². The first-order chi connectivity index (χ1) is 8.19. The average Bonchev–Trinajstić information content (AvgIpc) is 2.94. The number of hydrogen-bond donors (Lipinski definition) is 1. The van der Waals surface area contributed by atoms with Crippen LogP contribution in [-0.2, 0) is 13.0 Å². The first-order valence-electron chi connectivity index (χ1n) is 5.92. The van der Waals surface area contributed by atoms with Crippen LogP contribution in [0.5, 0.6) is 0 Å². The molecule has 4 heteroatoms. The molecule has 0 saturated carbocycles. The Bertz CT molecular complexity index is 473. The first kappa shape index (κ1) is 12.7. The standard InChI is InChI=1S/C13H18N2S2/c1-4-11-5-6-12(17-11)10(3)14-7-13-15-9(2)8-16-13/h5-6,8,10,14H,4,7H2,1-3H3. The minimum absolute atomic E-state index is 0.407. The van der Waals surface area contributed by atoms with E-state index >= 15 is 0 Å². The minimum Gasteiger partial charge on any atom is -0.303 e. The Morgan fingerprint density at radius 1 is 1.41 bits per heavy atom. The lowest BCUT2D eigenvalue weighted by Crippen LogP contribution is -2.16. The van der Waals surface area contributed by atoms with E-state index in [1.165, 1.54) is 14.8 Å². The molecular weight excluding hydrogens is 248 g/mol. The molecule has 0 radical (unpaired) electrons. The van der Waals surface area contributed by atoms with E-state index in [9.17, 15) is 0 Å². The predicted octanol–water partition coefficient (Wildman–Crippen LogP) is 3.93. The number of thiophene rings is 1. The van der Waals surface area contributed by atoms with E-state index in [4.69, 9.17) is 0 Å². The first-order valence-corrected chi connectivity index (χ1v) is 7.61. The Morgan fingerprint density at radius 3 is 2.82 bits per heavy atom. The highest BCUT2D eigenvalue weighted by Crippen LogP contribution is 2.23. The normalized spacial score (nSPS) is 12.9. The Hall–Kier alpha value is -0.710. The zero-order valence-corrected chi connectivity index (χ0v) is 12.1. The van der Waals surface area contributed by atoms with E-state index in [-0.39, 0.29) is 0 Å². The Labute approximate surface area is 111 Å². The van der Waals surface area contributed by atoms with E-state index in [0.29, 0.717) is 6.04 Å². The number of rotatable bonds is 5. The number of aryl methyl sites for hydroxylation is 2. The van der Waals surface area contributed by atoms with Crippen molar-refractivity contribution in [1.29, 1.82) is 0 Å². The molecule has 1 unspecified atom stereocenters. The molecule has 0 aromatic carbocycles. The maximum Gasteiger partial charge on any atom is 0.107 e. The maximum atomic E-state index is 4.46. The van der Waals surface area contributed by atoms with Crippen molar-refractivity contribution in [2.75, 3.05) is 0 Å². The van der Waals surface area contributed by atoms with Crippen LogP contribution in [0.3, 0.4) is 0 Å². The second kappa shape index (κ2) is 5.76. The van der Waals surface area contributed by atoms with Crippen molar-refractivity contribution < 1.29 is 0 Å². The van der Waals surface area contributed by atoms with Gasteiger partial charge in [0.2, 0.25) is 0 Å². The third-order valence-electron chi connectivity index (χ3n) is 2.68. The molecule has 2 rings (SSSR count). The number of aromatic nitrogens is 1. The van der Waals surface area contributed by atoms with Crippen LogP contribution in [0.4, 0.5) is 0 Å². The molecule has 2 aromatic rings. The van der Waals surface area contributed by atoms with Crippen molar-refractivity contribution in [1.82, 2.24) is 10.3 Å². The van der Waals surface area contributed by atoms with Gasteiger partial charge in [0.05, 0.1) is 0 Å². The summed E-state index contributed by atoms with van der Waals surface area (Å²) in [5.74, 6) is 0. The lowest BCUT2D eigenvalue weighted by molar-refractivity contribution is 0.581. The number of nitrogens with one attached hydrogen (secondary N) is 1. The fourth-order valence-corrected chi connectivity index (χ4v) is 3.34. The molecule has 0 spiro atoms. The number of nitrogens with zero attached hydrogens (tertiary/aromatic N) is 1. The van der Waals surface area contributed by atoms with Gasteiger partial charge in [-0.05, 0) is 32.4 Å². The predicted molar refractivity (Wildman–Crippen MR) is 75.8 cm³/mol. The average molecular weight is 266 g/mol. The summed E-state index contributed by atoms with van der Waals surface area (Å²) in [5, 5.41) is 6.79. The fourth-order valence-electron chi connectivity index (χ4n) is 1.64. The van der Waals surface area contributed by atoms with Gasteiger partial charge in [-0.15, -0.1) is 22.7 Å². The highest BCUT2D eigenvalue weighted by Gasteiger charge is 2.08. The van der Waals surface area contributed by atoms with E-state index < -0.39 is 0 Å². The molecule has 92 valence electrons. The van der Waals surface area contributed by atoms with Crippen LogP contribution in [-0.4, -0.2) is 4.98 Å². The van der Waals surface area contributed by atoms with Crippen LogP contribution in [0.15, 0.2) is 17.5 Å². The Morgan fingerprint density at radius 2 is 2.24 bits per heavy atom. The largest absolute Gasteiger partial charge is 0.303 e. The van der Waals surface area contributed by atoms with Crippen LogP contribution >= 0.6 is 22.7 Å². The lowest BCUT2D eigenvalue weighted by Gasteiger charge is -2.10. The zero-order valence-electron chi connectivity index (χ0n) is 10.5. The highest BCUT2D eigenvalue weighted by atomic mass is 32.1. The van der Waals surface area contributed by atoms with Gasteiger partial charge in [-0.1, -0.05) is 6.92 Å². The third-order valence-corrected chi connectivity index (χ3v) is 5.06. The van der Waals surface area contributed by atoms with Crippen molar-refractivity contribution in [3.05, 3.63) is 38.0 Å². The summed E-state index contributed by atoms with van der Waals surface area (Å²) < 4.78 is 0. The second-order valence-electron chi connectivity index (χ2n) is 4.14. The molecule has 0 bridgehead atoms. The molecule has 0 amide bonds. The molecule has 2 heterocycles. The van der Waals surface area contributed by atoms with E-state index in [0.717, 1.165) is 18.7 Å². The minimum atomic E-state index is 0.407. The van der Waals surface area contributed by atoms with Crippen molar-refractivity contribution in [3.63, 3.8) is 0 Å². The highest BCUT2D eigenvalue weighted by molar-refractivity contribution is 7.12. The van der Waals surface area contributed by atoms with Crippen molar-refractivity contribution in [2.24, 2.45) is 0 Å². The van der Waals surface area contributed by atoms with Gasteiger partial charge in [-0.3, -0.25) is 0 Å². The van der Waals surface area contributed by atoms with Crippen LogP contribution < -0.4 is 5.32 Å². The monoisotopic (exact) mass is 266 g/mol. The molecule has 0 fully saturated rings. The van der Waals surface area contributed by atoms with Crippen LogP contribution in [0.25, 0.3) is 0 Å². The molecule has 2 aromatic heterocycles. The second-order valence-corrected chi connectivity index (χ2v) is 6.29. The third kappa shape index (κ3) is 3.37. The molecule has 1 atom stereocenters. The summed E-state index contributed by atoms with van der Waals surface area (Å²) in [6, 6.07) is 4.87. The molecule has 0 saturated heterocycles. The summed E-state index contributed by atoms with van der Waals surface area (Å²) in [6.45, 7) is 7.31. The molecule has 0 aliphatic rings. The van der Waals surface area contributed by atoms with Crippen molar-refractivity contribution >= 4 is 22.7 Å². The smallest absolute Gasteiger partial charge is 0.107 e. The van der Waals surface area contributed by atoms with Gasteiger partial charge in [0.1, 0.15) is 5.01 Å². The maximum absolute atomic E-state index is 4.46. The molecule has 0 aliphatic heterocycles. The lowest BCUT2D eigenvalue weighted by atomic mass is 10.2. The van der Waals surface area contributed by atoms with Crippen LogP contribution in [0.1, 0.15) is 40.3 Å². The molecule has 1 N–H and O–H groups in total. The topological polar surface area (TPSA) is 24.9 Å². The fraction of sp³-hybridized carbons (Fsp3) is 0.462. The van der Waals surface area contributed by atoms with Gasteiger partial charge in [-0.25, -0.2) is 4.98 Å². The zero-order chi connectivity index (χ0) is 12.3. The molecule has 17 heavy (non-hydrogen) atoms. The number of thiazole rings is 1. The van der Waals surface area contributed by atoms with Crippen molar-refractivity contribution in [3.8, 4) is 0 Å². The Kier molecular flexibility index (Phi) is 4.31. The van der Waals surface area contributed by atoms with E-state index in [1.54, 1.807) is 11.3 Å². The Balaban J connectivity index is 1.90.